The Morgan fingerprint density at radius 1 is 0.567 bits per heavy atom. The number of hydrogen-bond donors (Lipinski definition) is 0. The van der Waals surface area contributed by atoms with E-state index in [1.54, 1.807) is 24.3 Å². The fraction of sp³-hybridized carbons (Fsp3) is 0.273. The molecule has 0 bridgehead atoms. The molecule has 0 aromatic heterocycles. The van der Waals surface area contributed by atoms with Gasteiger partial charge < -0.3 is 18.9 Å². The summed E-state index contributed by atoms with van der Waals surface area (Å²) in [5, 5.41) is 0. The minimum Gasteiger partial charge on any atom is -0.344 e. The van der Waals surface area contributed by atoms with Crippen LogP contribution in [0.2, 0.25) is 0 Å². The number of ketones is 4. The molecule has 4 atom stereocenters. The third-order valence-corrected chi connectivity index (χ3v) is 6.58. The van der Waals surface area contributed by atoms with Crippen LogP contribution in [0.3, 0.4) is 0 Å². The Balaban J connectivity index is 1.65. The number of ether oxygens (including phenoxy) is 4. The van der Waals surface area contributed by atoms with Crippen molar-refractivity contribution >= 4 is 23.1 Å². The predicted octanol–water partition coefficient (Wildman–Crippen LogP) is 1.37. The molecule has 0 spiro atoms. The zero-order chi connectivity index (χ0) is 21.1. The number of epoxide rings is 2. The number of carbonyl (C=O) groups excluding carboxylic acids is 4. The molecule has 2 aliphatic carbocycles. The number of carbonyl (C=O) groups is 4. The van der Waals surface area contributed by atoms with Crippen LogP contribution in [0.5, 0.6) is 0 Å². The standard InChI is InChI=1S/C22H14O8/c1-27-21-17(25)13-9-5-3-7-11(13)15(23)19(21,29-21)20-16(24)12-8-4-6-10-14(12)18(26)22(20,28-2)30-20/h3-10H,1-2H3/t19-,20-,21-,22-/m0/s1. The molecule has 2 saturated heterocycles. The van der Waals surface area contributed by atoms with Crippen molar-refractivity contribution in [2.24, 2.45) is 0 Å². The van der Waals surface area contributed by atoms with Crippen molar-refractivity contribution in [3.63, 3.8) is 0 Å². The van der Waals surface area contributed by atoms with E-state index in [4.69, 9.17) is 18.9 Å². The van der Waals surface area contributed by atoms with E-state index in [0.29, 0.717) is 0 Å². The van der Waals surface area contributed by atoms with Gasteiger partial charge >= 0.3 is 0 Å². The van der Waals surface area contributed by atoms with Gasteiger partial charge in [-0.25, -0.2) is 0 Å². The van der Waals surface area contributed by atoms with Crippen LogP contribution in [-0.2, 0) is 18.9 Å². The Morgan fingerprint density at radius 3 is 1.17 bits per heavy atom. The second-order valence-electron chi connectivity index (χ2n) is 7.62. The van der Waals surface area contributed by atoms with Crippen LogP contribution < -0.4 is 0 Å². The molecule has 2 aliphatic heterocycles. The SMILES string of the molecule is CO[C@@]12O[C@]1([C@]13O[C@@]1(OC)C(=O)c1ccccc1C3=O)C(=O)c1ccccc1C2=O. The second kappa shape index (κ2) is 4.98. The number of benzene rings is 2. The molecular weight excluding hydrogens is 392 g/mol. The van der Waals surface area contributed by atoms with Gasteiger partial charge in [0.25, 0.3) is 11.6 Å². The lowest BCUT2D eigenvalue weighted by atomic mass is 9.65. The van der Waals surface area contributed by atoms with E-state index in [9.17, 15) is 19.2 Å². The molecule has 30 heavy (non-hydrogen) atoms. The van der Waals surface area contributed by atoms with Crippen molar-refractivity contribution in [1.29, 1.82) is 0 Å². The number of rotatable bonds is 3. The van der Waals surface area contributed by atoms with E-state index in [-0.39, 0.29) is 22.3 Å². The van der Waals surface area contributed by atoms with Crippen LogP contribution >= 0.6 is 0 Å². The molecule has 0 unspecified atom stereocenters. The van der Waals surface area contributed by atoms with Gasteiger partial charge in [0.2, 0.25) is 34.3 Å². The normalized spacial score (nSPS) is 37.8. The summed E-state index contributed by atoms with van der Waals surface area (Å²) in [7, 11) is 2.41. The largest absolute Gasteiger partial charge is 0.344 e. The van der Waals surface area contributed by atoms with Gasteiger partial charge in [0.05, 0.1) is 0 Å². The Hall–Kier alpha value is -3.04. The topological polar surface area (TPSA) is 112 Å². The fourth-order valence-corrected chi connectivity index (χ4v) is 5.16. The third kappa shape index (κ3) is 1.43. The van der Waals surface area contributed by atoms with E-state index in [1.165, 1.54) is 38.5 Å². The average Bonchev–Trinajstić information content (AvgIpc) is 3.68. The minimum absolute atomic E-state index is 0.0710. The highest BCUT2D eigenvalue weighted by Gasteiger charge is 3.04. The maximum Gasteiger partial charge on any atom is 0.276 e. The van der Waals surface area contributed by atoms with Gasteiger partial charge in [0, 0.05) is 36.5 Å². The van der Waals surface area contributed by atoms with Gasteiger partial charge in [0.15, 0.2) is 0 Å². The summed E-state index contributed by atoms with van der Waals surface area (Å²) >= 11 is 0. The maximum absolute atomic E-state index is 13.7. The molecule has 2 aromatic rings. The minimum atomic E-state index is -2.17. The third-order valence-electron chi connectivity index (χ3n) is 6.58. The van der Waals surface area contributed by atoms with Crippen LogP contribution in [0.4, 0.5) is 0 Å². The van der Waals surface area contributed by atoms with Gasteiger partial charge in [0.1, 0.15) is 0 Å². The van der Waals surface area contributed by atoms with Gasteiger partial charge in [-0.2, -0.15) is 0 Å². The lowest BCUT2D eigenvalue weighted by Crippen LogP contribution is -2.63. The van der Waals surface area contributed by atoms with Crippen molar-refractivity contribution in [1.82, 2.24) is 0 Å². The summed E-state index contributed by atoms with van der Waals surface area (Å²) in [5.41, 5.74) is -3.96. The number of methoxy groups -OCH3 is 2. The monoisotopic (exact) mass is 406 g/mol. The zero-order valence-corrected chi connectivity index (χ0v) is 15.9. The molecule has 2 heterocycles. The molecule has 0 amide bonds. The summed E-state index contributed by atoms with van der Waals surface area (Å²) in [6.45, 7) is 0. The van der Waals surface area contributed by atoms with Gasteiger partial charge in [-0.15, -0.1) is 0 Å². The van der Waals surface area contributed by atoms with Crippen LogP contribution in [0, 0.1) is 0 Å². The van der Waals surface area contributed by atoms with Crippen molar-refractivity contribution in [2.75, 3.05) is 14.2 Å². The van der Waals surface area contributed by atoms with Gasteiger partial charge in [-0.1, -0.05) is 48.5 Å². The molecule has 2 aromatic carbocycles. The van der Waals surface area contributed by atoms with Crippen molar-refractivity contribution in [3.05, 3.63) is 70.8 Å². The van der Waals surface area contributed by atoms with E-state index < -0.39 is 45.9 Å². The van der Waals surface area contributed by atoms with Crippen LogP contribution in [-0.4, -0.2) is 60.1 Å². The van der Waals surface area contributed by atoms with Gasteiger partial charge in [-0.3, -0.25) is 19.2 Å². The number of fused-ring (bicyclic) bond motifs is 5. The van der Waals surface area contributed by atoms with Crippen LogP contribution in [0.1, 0.15) is 41.4 Å². The van der Waals surface area contributed by atoms with E-state index in [0.717, 1.165) is 0 Å². The van der Waals surface area contributed by atoms with Crippen molar-refractivity contribution in [2.45, 2.75) is 22.8 Å². The molecule has 8 nitrogen and oxygen atoms in total. The highest BCUT2D eigenvalue weighted by molar-refractivity contribution is 6.33. The summed E-state index contributed by atoms with van der Waals surface area (Å²) in [6, 6.07) is 12.3. The van der Waals surface area contributed by atoms with E-state index in [1.807, 2.05) is 0 Å². The number of hydrogen-bond acceptors (Lipinski definition) is 8. The maximum atomic E-state index is 13.7. The molecule has 8 heteroatoms. The molecule has 4 aliphatic rings. The lowest BCUT2D eigenvalue weighted by Gasteiger charge is -2.31. The Kier molecular flexibility index (Phi) is 2.96. The summed E-state index contributed by atoms with van der Waals surface area (Å²) in [4.78, 5) is 54.0. The smallest absolute Gasteiger partial charge is 0.276 e. The fourth-order valence-electron chi connectivity index (χ4n) is 5.16. The zero-order valence-electron chi connectivity index (χ0n) is 15.9. The first-order chi connectivity index (χ1) is 14.4. The van der Waals surface area contributed by atoms with E-state index in [2.05, 4.69) is 0 Å². The molecule has 150 valence electrons. The highest BCUT2D eigenvalue weighted by Crippen LogP contribution is 2.73. The lowest BCUT2D eigenvalue weighted by molar-refractivity contribution is -0.00137. The summed E-state index contributed by atoms with van der Waals surface area (Å²) in [5.74, 6) is -6.73. The highest BCUT2D eigenvalue weighted by atomic mass is 16.9. The van der Waals surface area contributed by atoms with Crippen LogP contribution in [0.25, 0.3) is 0 Å². The first kappa shape index (κ1) is 17.8. The van der Waals surface area contributed by atoms with Crippen molar-refractivity contribution in [3.8, 4) is 0 Å². The van der Waals surface area contributed by atoms with Crippen LogP contribution in [0.15, 0.2) is 48.5 Å². The average molecular weight is 406 g/mol. The first-order valence-corrected chi connectivity index (χ1v) is 9.26. The van der Waals surface area contributed by atoms with Gasteiger partial charge in [-0.05, 0) is 0 Å². The molecule has 2 fully saturated rings. The summed E-state index contributed by atoms with van der Waals surface area (Å²) in [6.07, 6.45) is 0. The Labute approximate surface area is 169 Å². The molecule has 6 rings (SSSR count). The van der Waals surface area contributed by atoms with E-state index >= 15 is 0 Å². The number of Topliss-reactive ketones (excluding diaryl/α,β-unsaturated/α-hetero) is 4. The molecule has 0 radical (unpaired) electrons. The first-order valence-electron chi connectivity index (χ1n) is 9.26. The molecule has 0 N–H and O–H groups in total. The Morgan fingerprint density at radius 2 is 0.867 bits per heavy atom. The second-order valence-corrected chi connectivity index (χ2v) is 7.62. The predicted molar refractivity (Wildman–Crippen MR) is 97.3 cm³/mol. The summed E-state index contributed by atoms with van der Waals surface area (Å²) < 4.78 is 22.3. The van der Waals surface area contributed by atoms with Crippen molar-refractivity contribution < 1.29 is 38.1 Å². The molecular formula is C22H14O8. The Bertz CT molecular complexity index is 1140. The quantitative estimate of drug-likeness (QED) is 0.703. The molecule has 0 saturated carbocycles.